The van der Waals surface area contributed by atoms with Crippen molar-refractivity contribution < 1.29 is 8.78 Å². The summed E-state index contributed by atoms with van der Waals surface area (Å²) in [5.74, 6) is -1.18. The molecule has 2 aromatic heterocycles. The van der Waals surface area contributed by atoms with Crippen molar-refractivity contribution in [3.8, 4) is 22.5 Å². The van der Waals surface area contributed by atoms with Crippen LogP contribution in [0.2, 0.25) is 0 Å². The van der Waals surface area contributed by atoms with Gasteiger partial charge < -0.3 is 0 Å². The van der Waals surface area contributed by atoms with Gasteiger partial charge in [-0.3, -0.25) is 4.57 Å². The first-order valence-electron chi connectivity index (χ1n) is 8.72. The van der Waals surface area contributed by atoms with Crippen LogP contribution in [0.3, 0.4) is 0 Å². The van der Waals surface area contributed by atoms with Crippen molar-refractivity contribution in [2.45, 2.75) is 0 Å². The molecule has 0 unspecified atom stereocenters. The number of aromatic nitrogens is 4. The van der Waals surface area contributed by atoms with Gasteiger partial charge in [0.2, 0.25) is 0 Å². The summed E-state index contributed by atoms with van der Waals surface area (Å²) < 4.78 is 31.1. The summed E-state index contributed by atoms with van der Waals surface area (Å²) >= 11 is 0. The van der Waals surface area contributed by atoms with Crippen LogP contribution in [0.5, 0.6) is 0 Å². The summed E-state index contributed by atoms with van der Waals surface area (Å²) in [6.07, 6.45) is 5.33. The van der Waals surface area contributed by atoms with Gasteiger partial charge in [0.15, 0.2) is 0 Å². The Morgan fingerprint density at radius 3 is 2.57 bits per heavy atom. The molecule has 0 amide bonds. The number of nitrogens with zero attached hydrogens (tertiary/aromatic N) is 4. The number of rotatable bonds is 3. The second-order valence-electron chi connectivity index (χ2n) is 6.41. The number of halogens is 2. The van der Waals surface area contributed by atoms with Gasteiger partial charge in [0.25, 0.3) is 0 Å². The molecule has 0 radical (unpaired) electrons. The maximum atomic E-state index is 14.2. The molecule has 0 aliphatic rings. The molecule has 6 heteroatoms. The summed E-state index contributed by atoms with van der Waals surface area (Å²) in [6, 6.07) is 18.8. The van der Waals surface area contributed by atoms with Crippen molar-refractivity contribution in [1.29, 1.82) is 0 Å². The third-order valence-electron chi connectivity index (χ3n) is 4.67. The third kappa shape index (κ3) is 2.75. The van der Waals surface area contributed by atoms with E-state index in [0.29, 0.717) is 11.1 Å². The quantitative estimate of drug-likeness (QED) is 0.439. The zero-order chi connectivity index (χ0) is 19.1. The van der Waals surface area contributed by atoms with Crippen LogP contribution in [-0.2, 0) is 0 Å². The van der Waals surface area contributed by atoms with Crippen molar-refractivity contribution in [1.82, 2.24) is 19.3 Å². The molecule has 0 N–H and O–H groups in total. The Bertz CT molecular complexity index is 1290. The van der Waals surface area contributed by atoms with Crippen LogP contribution in [-0.4, -0.2) is 19.3 Å². The highest BCUT2D eigenvalue weighted by Gasteiger charge is 2.10. The summed E-state index contributed by atoms with van der Waals surface area (Å²) in [7, 11) is 0. The van der Waals surface area contributed by atoms with Crippen LogP contribution in [0.25, 0.3) is 33.5 Å². The van der Waals surface area contributed by atoms with Crippen molar-refractivity contribution in [3.05, 3.63) is 97.1 Å². The van der Waals surface area contributed by atoms with Crippen LogP contribution in [0, 0.1) is 11.6 Å². The lowest BCUT2D eigenvalue weighted by Crippen LogP contribution is -1.95. The SMILES string of the molecule is Fc1ccc(-c2cccc(-n3cnc4cc(-n5cccn5)ccc43)c2)c(F)c1. The van der Waals surface area contributed by atoms with E-state index in [9.17, 15) is 8.78 Å². The van der Waals surface area contributed by atoms with Crippen LogP contribution in [0.4, 0.5) is 8.78 Å². The minimum absolute atomic E-state index is 0.355. The van der Waals surface area contributed by atoms with Gasteiger partial charge in [-0.05, 0) is 54.1 Å². The van der Waals surface area contributed by atoms with Crippen LogP contribution < -0.4 is 0 Å². The Hall–Kier alpha value is -3.80. The lowest BCUT2D eigenvalue weighted by atomic mass is 10.0. The molecular formula is C22H14F2N4. The third-order valence-corrected chi connectivity index (χ3v) is 4.67. The van der Waals surface area contributed by atoms with Gasteiger partial charge in [0.05, 0.1) is 16.7 Å². The summed E-state index contributed by atoms with van der Waals surface area (Å²) in [4.78, 5) is 4.50. The minimum atomic E-state index is -0.592. The molecule has 0 aliphatic carbocycles. The van der Waals surface area contributed by atoms with E-state index < -0.39 is 11.6 Å². The van der Waals surface area contributed by atoms with E-state index in [1.165, 1.54) is 12.1 Å². The second kappa shape index (κ2) is 6.42. The molecule has 0 saturated heterocycles. The topological polar surface area (TPSA) is 35.6 Å². The standard InChI is InChI=1S/C22H14F2N4/c23-16-5-7-19(20(24)12-16)15-3-1-4-17(11-15)27-14-25-21-13-18(6-8-22(21)27)28-10-2-9-26-28/h1-14H. The molecule has 136 valence electrons. The molecule has 0 fully saturated rings. The molecule has 4 nitrogen and oxygen atoms in total. The Kier molecular flexibility index (Phi) is 3.76. The fourth-order valence-electron chi connectivity index (χ4n) is 3.32. The Balaban J connectivity index is 1.59. The van der Waals surface area contributed by atoms with Crippen molar-refractivity contribution >= 4 is 11.0 Å². The van der Waals surface area contributed by atoms with Gasteiger partial charge in [-0.25, -0.2) is 18.4 Å². The predicted octanol–water partition coefficient (Wildman–Crippen LogP) is 5.16. The molecule has 3 aromatic carbocycles. The number of benzene rings is 3. The van der Waals surface area contributed by atoms with Crippen molar-refractivity contribution in [3.63, 3.8) is 0 Å². The van der Waals surface area contributed by atoms with Gasteiger partial charge in [0, 0.05) is 29.7 Å². The summed E-state index contributed by atoms with van der Waals surface area (Å²) in [6.45, 7) is 0. The first-order chi connectivity index (χ1) is 13.7. The maximum absolute atomic E-state index is 14.2. The van der Waals surface area contributed by atoms with Gasteiger partial charge in [-0.1, -0.05) is 12.1 Å². The molecule has 0 bridgehead atoms. The molecule has 2 heterocycles. The molecule has 0 saturated carbocycles. The first-order valence-corrected chi connectivity index (χ1v) is 8.72. The first kappa shape index (κ1) is 16.4. The van der Waals surface area contributed by atoms with E-state index in [1.54, 1.807) is 23.3 Å². The van der Waals surface area contributed by atoms with E-state index in [2.05, 4.69) is 10.1 Å². The number of hydrogen-bond acceptors (Lipinski definition) is 2. The summed E-state index contributed by atoms with van der Waals surface area (Å²) in [5.41, 5.74) is 4.54. The van der Waals surface area contributed by atoms with Gasteiger partial charge in [-0.2, -0.15) is 5.10 Å². The monoisotopic (exact) mass is 372 g/mol. The fourth-order valence-corrected chi connectivity index (χ4v) is 3.32. The zero-order valence-electron chi connectivity index (χ0n) is 14.6. The normalized spacial score (nSPS) is 11.2. The number of imidazole rings is 1. The van der Waals surface area contributed by atoms with E-state index in [-0.39, 0.29) is 0 Å². The smallest absolute Gasteiger partial charge is 0.133 e. The second-order valence-corrected chi connectivity index (χ2v) is 6.41. The highest BCUT2D eigenvalue weighted by molar-refractivity contribution is 5.80. The van der Waals surface area contributed by atoms with Gasteiger partial charge >= 0.3 is 0 Å². The van der Waals surface area contributed by atoms with Crippen molar-refractivity contribution in [2.75, 3.05) is 0 Å². The average molecular weight is 372 g/mol. The molecule has 0 atom stereocenters. The van der Waals surface area contributed by atoms with E-state index in [1.807, 2.05) is 53.2 Å². The number of hydrogen-bond donors (Lipinski definition) is 0. The molecule has 0 aliphatic heterocycles. The lowest BCUT2D eigenvalue weighted by Gasteiger charge is -2.09. The van der Waals surface area contributed by atoms with Crippen molar-refractivity contribution in [2.24, 2.45) is 0 Å². The minimum Gasteiger partial charge on any atom is -0.299 e. The van der Waals surface area contributed by atoms with Crippen LogP contribution in [0.15, 0.2) is 85.5 Å². The van der Waals surface area contributed by atoms with Crippen LogP contribution >= 0.6 is 0 Å². The Morgan fingerprint density at radius 1 is 0.821 bits per heavy atom. The van der Waals surface area contributed by atoms with E-state index >= 15 is 0 Å². The zero-order valence-corrected chi connectivity index (χ0v) is 14.6. The largest absolute Gasteiger partial charge is 0.299 e. The molecule has 0 spiro atoms. The molecule has 5 aromatic rings. The highest BCUT2D eigenvalue weighted by Crippen LogP contribution is 2.27. The van der Waals surface area contributed by atoms with Gasteiger partial charge in [0.1, 0.15) is 18.0 Å². The highest BCUT2D eigenvalue weighted by atomic mass is 19.1. The molecule has 5 rings (SSSR count). The Labute approximate surface area is 159 Å². The van der Waals surface area contributed by atoms with Gasteiger partial charge in [-0.15, -0.1) is 0 Å². The van der Waals surface area contributed by atoms with E-state index in [0.717, 1.165) is 28.5 Å². The van der Waals surface area contributed by atoms with E-state index in [4.69, 9.17) is 0 Å². The Morgan fingerprint density at radius 2 is 1.75 bits per heavy atom. The lowest BCUT2D eigenvalue weighted by molar-refractivity contribution is 0.585. The fraction of sp³-hybridized carbons (Fsp3) is 0. The predicted molar refractivity (Wildman–Crippen MR) is 104 cm³/mol. The average Bonchev–Trinajstić information content (AvgIpc) is 3.37. The van der Waals surface area contributed by atoms with Crippen LogP contribution in [0.1, 0.15) is 0 Å². The molecular weight excluding hydrogens is 358 g/mol. The number of fused-ring (bicyclic) bond motifs is 1. The molecule has 28 heavy (non-hydrogen) atoms. The summed E-state index contributed by atoms with van der Waals surface area (Å²) in [5, 5.41) is 4.24. The maximum Gasteiger partial charge on any atom is 0.133 e.